The minimum atomic E-state index is -1.49. The summed E-state index contributed by atoms with van der Waals surface area (Å²) in [7, 11) is 0. The molecule has 3 unspecified atom stereocenters. The van der Waals surface area contributed by atoms with E-state index in [-0.39, 0.29) is 24.7 Å². The van der Waals surface area contributed by atoms with Crippen molar-refractivity contribution in [2.45, 2.75) is 37.4 Å². The summed E-state index contributed by atoms with van der Waals surface area (Å²) < 4.78 is 0. The highest BCUT2D eigenvalue weighted by Crippen LogP contribution is 1.99. The van der Waals surface area contributed by atoms with Gasteiger partial charge in [0.05, 0.1) is 19.0 Å². The fourth-order valence-electron chi connectivity index (χ4n) is 2.03. The number of nitrogens with zero attached hydrogens (tertiary/aromatic N) is 1. The van der Waals surface area contributed by atoms with Crippen molar-refractivity contribution in [3.8, 4) is 0 Å². The lowest BCUT2D eigenvalue weighted by Gasteiger charge is -2.19. The Morgan fingerprint density at radius 3 is 2.13 bits per heavy atom. The van der Waals surface area contributed by atoms with Crippen LogP contribution in [0.5, 0.6) is 0 Å². The number of carbonyl (C=O) groups is 5. The number of amides is 3. The molecule has 0 fully saturated rings. The highest BCUT2D eigenvalue weighted by Gasteiger charge is 2.26. The van der Waals surface area contributed by atoms with Crippen LogP contribution in [0, 0.1) is 0 Å². The van der Waals surface area contributed by atoms with E-state index in [1.165, 1.54) is 0 Å². The van der Waals surface area contributed by atoms with Gasteiger partial charge in [0.1, 0.15) is 12.1 Å². The first kappa shape index (κ1) is 26.9. The molecule has 0 heterocycles. The summed E-state index contributed by atoms with van der Waals surface area (Å²) >= 11 is 3.78. The molecule has 170 valence electrons. The zero-order valence-electron chi connectivity index (χ0n) is 16.0. The maximum atomic E-state index is 12.2. The zero-order valence-corrected chi connectivity index (χ0v) is 16.9. The second-order valence-electron chi connectivity index (χ2n) is 6.07. The lowest BCUT2D eigenvalue weighted by atomic mass is 10.1. The highest BCUT2D eigenvalue weighted by molar-refractivity contribution is 7.80. The maximum Gasteiger partial charge on any atom is 0.327 e. The average Bonchev–Trinajstić information content (AvgIpc) is 2.65. The molecule has 0 aliphatic heterocycles. The van der Waals surface area contributed by atoms with Crippen molar-refractivity contribution in [3.05, 3.63) is 0 Å². The van der Waals surface area contributed by atoms with Crippen molar-refractivity contribution in [1.82, 2.24) is 16.0 Å². The van der Waals surface area contributed by atoms with Crippen LogP contribution < -0.4 is 33.2 Å². The molecule has 11 N–H and O–H groups in total. The Labute approximate surface area is 177 Å². The quantitative estimate of drug-likeness (QED) is 0.0536. The molecule has 3 amide bonds. The van der Waals surface area contributed by atoms with E-state index in [1.807, 2.05) is 0 Å². The van der Waals surface area contributed by atoms with E-state index in [0.29, 0.717) is 6.42 Å². The van der Waals surface area contributed by atoms with Gasteiger partial charge in [-0.15, -0.1) is 0 Å². The van der Waals surface area contributed by atoms with Gasteiger partial charge >= 0.3 is 11.9 Å². The lowest BCUT2D eigenvalue weighted by molar-refractivity contribution is -0.142. The summed E-state index contributed by atoms with van der Waals surface area (Å²) in [5, 5.41) is 24.3. The number of nitrogens with two attached hydrogens (primary N) is 3. The number of nitrogens with one attached hydrogen (secondary N) is 3. The van der Waals surface area contributed by atoms with Crippen molar-refractivity contribution in [1.29, 1.82) is 0 Å². The first-order chi connectivity index (χ1) is 14.0. The topological polar surface area (TPSA) is 252 Å². The van der Waals surface area contributed by atoms with Crippen LogP contribution >= 0.6 is 12.6 Å². The van der Waals surface area contributed by atoms with Gasteiger partial charge < -0.3 is 43.4 Å². The third-order valence-electron chi connectivity index (χ3n) is 3.56. The lowest BCUT2D eigenvalue weighted by Crippen LogP contribution is -2.54. The fourth-order valence-corrected chi connectivity index (χ4v) is 2.28. The van der Waals surface area contributed by atoms with E-state index < -0.39 is 60.8 Å². The summed E-state index contributed by atoms with van der Waals surface area (Å²) in [5.74, 6) is -5.52. The van der Waals surface area contributed by atoms with Gasteiger partial charge in [-0.05, 0) is 12.8 Å². The molecule has 0 aromatic heterocycles. The first-order valence-corrected chi connectivity index (χ1v) is 9.35. The molecular formula is C15H27N7O7S. The third-order valence-corrected chi connectivity index (χ3v) is 3.92. The number of guanidine groups is 1. The largest absolute Gasteiger partial charge is 0.481 e. The van der Waals surface area contributed by atoms with E-state index in [9.17, 15) is 24.0 Å². The predicted octanol–water partition coefficient (Wildman–Crippen LogP) is -4.06. The highest BCUT2D eigenvalue weighted by atomic mass is 32.1. The molecule has 3 atom stereocenters. The van der Waals surface area contributed by atoms with Crippen LogP contribution in [0.3, 0.4) is 0 Å². The summed E-state index contributed by atoms with van der Waals surface area (Å²) in [6.07, 6.45) is -0.209. The van der Waals surface area contributed by atoms with Crippen LogP contribution in [0.1, 0.15) is 19.3 Å². The van der Waals surface area contributed by atoms with Crippen LogP contribution in [0.25, 0.3) is 0 Å². The number of carbonyl (C=O) groups excluding carboxylic acids is 3. The van der Waals surface area contributed by atoms with Crippen molar-refractivity contribution in [2.75, 3.05) is 18.8 Å². The molecule has 0 aliphatic rings. The van der Waals surface area contributed by atoms with E-state index >= 15 is 0 Å². The standard InChI is InChI=1S/C15H27N7O7S/c16-7(2-1-3-19-15(17)18)12(26)22-8(4-11(24)25)13(27)20-5-10(23)21-9(6-30)14(28)29/h7-9,30H,1-6,16H2,(H,20,27)(H,21,23)(H,22,26)(H,24,25)(H,28,29)(H4,17,18,19). The van der Waals surface area contributed by atoms with Gasteiger partial charge in [0.2, 0.25) is 17.7 Å². The van der Waals surface area contributed by atoms with Gasteiger partial charge in [-0.2, -0.15) is 12.6 Å². The molecule has 0 spiro atoms. The summed E-state index contributed by atoms with van der Waals surface area (Å²) in [4.78, 5) is 61.6. The molecule has 14 nitrogen and oxygen atoms in total. The molecular weight excluding hydrogens is 422 g/mol. The molecule has 0 saturated heterocycles. The molecule has 30 heavy (non-hydrogen) atoms. The Bertz CT molecular complexity index is 670. The molecule has 0 saturated carbocycles. The summed E-state index contributed by atoms with van der Waals surface area (Å²) in [6.45, 7) is -0.395. The molecule has 15 heteroatoms. The minimum absolute atomic E-state index is 0.112. The Hall–Kier alpha value is -3.07. The van der Waals surface area contributed by atoms with E-state index in [0.717, 1.165) is 0 Å². The SMILES string of the molecule is NC(N)=NCCCC(N)C(=O)NC(CC(=O)O)C(=O)NCC(=O)NC(CS)C(=O)O. The van der Waals surface area contributed by atoms with Crippen LogP contribution in [0.4, 0.5) is 0 Å². The summed E-state index contributed by atoms with van der Waals surface area (Å²) in [6, 6.07) is -3.80. The zero-order chi connectivity index (χ0) is 23.3. The number of aliphatic carboxylic acids is 2. The molecule has 0 aromatic carbocycles. The number of carboxylic acid groups (broad SMARTS) is 2. The Balaban J connectivity index is 4.74. The van der Waals surface area contributed by atoms with Crippen molar-refractivity contribution >= 4 is 48.2 Å². The van der Waals surface area contributed by atoms with Crippen LogP contribution in [-0.2, 0) is 24.0 Å². The van der Waals surface area contributed by atoms with E-state index in [4.69, 9.17) is 27.4 Å². The van der Waals surface area contributed by atoms with Crippen molar-refractivity contribution in [3.63, 3.8) is 0 Å². The normalized spacial score (nSPS) is 13.3. The number of aliphatic imine (C=N–C) groups is 1. The van der Waals surface area contributed by atoms with Gasteiger partial charge in [0.25, 0.3) is 0 Å². The third kappa shape index (κ3) is 11.7. The van der Waals surface area contributed by atoms with Crippen LogP contribution in [0.15, 0.2) is 4.99 Å². The number of thiol groups is 1. The maximum absolute atomic E-state index is 12.2. The molecule has 0 radical (unpaired) electrons. The predicted molar refractivity (Wildman–Crippen MR) is 108 cm³/mol. The van der Waals surface area contributed by atoms with Crippen LogP contribution in [-0.4, -0.2) is 82.8 Å². The molecule has 0 bridgehead atoms. The van der Waals surface area contributed by atoms with Gasteiger partial charge in [-0.1, -0.05) is 0 Å². The molecule has 0 aromatic rings. The number of hydrogen-bond acceptors (Lipinski definition) is 8. The Morgan fingerprint density at radius 2 is 1.63 bits per heavy atom. The van der Waals surface area contributed by atoms with E-state index in [1.54, 1.807) is 0 Å². The van der Waals surface area contributed by atoms with Gasteiger partial charge in [-0.25, -0.2) is 4.79 Å². The first-order valence-electron chi connectivity index (χ1n) is 8.71. The van der Waals surface area contributed by atoms with Crippen molar-refractivity contribution < 1.29 is 34.2 Å². The fraction of sp³-hybridized carbons (Fsp3) is 0.600. The van der Waals surface area contributed by atoms with Gasteiger partial charge in [-0.3, -0.25) is 24.2 Å². The number of hydrogen-bond donors (Lipinski definition) is 9. The van der Waals surface area contributed by atoms with Gasteiger partial charge in [0.15, 0.2) is 5.96 Å². The van der Waals surface area contributed by atoms with Crippen LogP contribution in [0.2, 0.25) is 0 Å². The summed E-state index contributed by atoms with van der Waals surface area (Å²) in [5.41, 5.74) is 16.0. The smallest absolute Gasteiger partial charge is 0.327 e. The average molecular weight is 449 g/mol. The van der Waals surface area contributed by atoms with E-state index in [2.05, 4.69) is 33.6 Å². The van der Waals surface area contributed by atoms with Gasteiger partial charge in [0, 0.05) is 12.3 Å². The second-order valence-corrected chi connectivity index (χ2v) is 6.44. The monoisotopic (exact) mass is 449 g/mol. The van der Waals surface area contributed by atoms with Crippen molar-refractivity contribution in [2.24, 2.45) is 22.2 Å². The Morgan fingerprint density at radius 1 is 1.00 bits per heavy atom. The minimum Gasteiger partial charge on any atom is -0.481 e. The number of rotatable bonds is 14. The second kappa shape index (κ2) is 14.0. The Kier molecular flexibility index (Phi) is 12.6. The molecule has 0 rings (SSSR count). The number of carboxylic acids is 2. The molecule has 0 aliphatic carbocycles.